The van der Waals surface area contributed by atoms with E-state index in [0.29, 0.717) is 0 Å². The van der Waals surface area contributed by atoms with Gasteiger partial charge in [-0.1, -0.05) is 19.9 Å². The van der Waals surface area contributed by atoms with Crippen LogP contribution < -0.4 is 10.2 Å². The fourth-order valence-corrected chi connectivity index (χ4v) is 2.11. The van der Waals surface area contributed by atoms with Crippen molar-refractivity contribution in [2.24, 2.45) is 0 Å². The van der Waals surface area contributed by atoms with Crippen LogP contribution in [0, 0.1) is 0 Å². The molecular weight excluding hydrogens is 246 g/mol. The van der Waals surface area contributed by atoms with Crippen LogP contribution in [0.15, 0.2) is 24.8 Å². The van der Waals surface area contributed by atoms with E-state index in [2.05, 4.69) is 49.8 Å². The van der Waals surface area contributed by atoms with Crippen molar-refractivity contribution in [3.8, 4) is 0 Å². The van der Waals surface area contributed by atoms with Crippen LogP contribution in [0.1, 0.15) is 44.4 Å². The van der Waals surface area contributed by atoms with E-state index in [1.807, 2.05) is 6.08 Å². The van der Waals surface area contributed by atoms with E-state index < -0.39 is 0 Å². The van der Waals surface area contributed by atoms with Gasteiger partial charge < -0.3 is 10.2 Å². The van der Waals surface area contributed by atoms with Gasteiger partial charge in [0.05, 0.1) is 0 Å². The van der Waals surface area contributed by atoms with Gasteiger partial charge in [0.2, 0.25) is 0 Å². The van der Waals surface area contributed by atoms with Gasteiger partial charge in [0.25, 0.3) is 0 Å². The maximum atomic E-state index is 4.73. The summed E-state index contributed by atoms with van der Waals surface area (Å²) in [5.41, 5.74) is 2.50. The van der Waals surface area contributed by atoms with Gasteiger partial charge in [-0.15, -0.1) is 6.58 Å². The fraction of sp³-hybridized carbons (Fsp3) is 0.588. The molecule has 0 saturated heterocycles. The Kier molecular flexibility index (Phi) is 7.97. The SMILES string of the molecule is C=CCCCN(C)c1cc(CNCCC)cc(CC)n1. The van der Waals surface area contributed by atoms with Gasteiger partial charge in [0.15, 0.2) is 0 Å². The number of rotatable bonds is 10. The van der Waals surface area contributed by atoms with Crippen LogP contribution in [0.5, 0.6) is 0 Å². The lowest BCUT2D eigenvalue weighted by molar-refractivity contribution is 0.673. The number of nitrogens with zero attached hydrogens (tertiary/aromatic N) is 2. The number of unbranched alkanes of at least 4 members (excludes halogenated alkanes) is 1. The lowest BCUT2D eigenvalue weighted by atomic mass is 10.2. The standard InChI is InChI=1S/C17H29N3/c1-5-8-9-11-20(4)17-13-15(14-18-10-6-2)12-16(7-3)19-17/h5,12-13,18H,1,6-11,14H2,2-4H3. The number of nitrogens with one attached hydrogen (secondary N) is 1. The van der Waals surface area contributed by atoms with Crippen LogP contribution in [0.25, 0.3) is 0 Å². The van der Waals surface area contributed by atoms with Crippen molar-refractivity contribution < 1.29 is 0 Å². The zero-order valence-electron chi connectivity index (χ0n) is 13.3. The molecule has 1 aromatic heterocycles. The Morgan fingerprint density at radius 1 is 1.35 bits per heavy atom. The third-order valence-corrected chi connectivity index (χ3v) is 3.34. The Hall–Kier alpha value is -1.35. The van der Waals surface area contributed by atoms with Crippen molar-refractivity contribution in [1.29, 1.82) is 0 Å². The zero-order valence-corrected chi connectivity index (χ0v) is 13.3. The van der Waals surface area contributed by atoms with E-state index in [4.69, 9.17) is 4.98 Å². The van der Waals surface area contributed by atoms with Crippen LogP contribution in [0.4, 0.5) is 5.82 Å². The molecule has 0 radical (unpaired) electrons. The van der Waals surface area contributed by atoms with Crippen LogP contribution in [0.3, 0.4) is 0 Å². The first-order valence-electron chi connectivity index (χ1n) is 7.73. The summed E-state index contributed by atoms with van der Waals surface area (Å²) in [5.74, 6) is 1.08. The van der Waals surface area contributed by atoms with E-state index in [9.17, 15) is 0 Å². The van der Waals surface area contributed by atoms with Crippen LogP contribution in [-0.2, 0) is 13.0 Å². The third-order valence-electron chi connectivity index (χ3n) is 3.34. The van der Waals surface area contributed by atoms with E-state index in [1.54, 1.807) is 0 Å². The van der Waals surface area contributed by atoms with Gasteiger partial charge in [-0.3, -0.25) is 0 Å². The number of aromatic nitrogens is 1. The van der Waals surface area contributed by atoms with Gasteiger partial charge in [-0.25, -0.2) is 4.98 Å². The Labute approximate surface area is 124 Å². The number of hydrogen-bond donors (Lipinski definition) is 1. The van der Waals surface area contributed by atoms with Gasteiger partial charge >= 0.3 is 0 Å². The Bertz CT molecular complexity index is 401. The quantitative estimate of drug-likeness (QED) is 0.523. The van der Waals surface area contributed by atoms with E-state index >= 15 is 0 Å². The molecule has 0 amide bonds. The van der Waals surface area contributed by atoms with Crippen LogP contribution in [-0.4, -0.2) is 25.1 Å². The minimum atomic E-state index is 0.927. The van der Waals surface area contributed by atoms with Crippen molar-refractivity contribution in [3.63, 3.8) is 0 Å². The van der Waals surface area contributed by atoms with Gasteiger partial charge in [-0.2, -0.15) is 0 Å². The normalized spacial score (nSPS) is 10.6. The summed E-state index contributed by atoms with van der Waals surface area (Å²) in [6, 6.07) is 4.42. The first kappa shape index (κ1) is 16.7. The molecule has 0 unspecified atom stereocenters. The van der Waals surface area contributed by atoms with Crippen LogP contribution >= 0.6 is 0 Å². The number of anilines is 1. The number of allylic oxidation sites excluding steroid dienone is 1. The second kappa shape index (κ2) is 9.54. The van der Waals surface area contributed by atoms with Gasteiger partial charge in [0.1, 0.15) is 5.82 Å². The van der Waals surface area contributed by atoms with Crippen molar-refractivity contribution in [2.75, 3.05) is 25.0 Å². The molecule has 1 rings (SSSR count). The lowest BCUT2D eigenvalue weighted by Gasteiger charge is -2.19. The predicted molar refractivity (Wildman–Crippen MR) is 88.3 cm³/mol. The number of hydrogen-bond acceptors (Lipinski definition) is 3. The number of aryl methyl sites for hydroxylation is 1. The molecule has 0 aliphatic carbocycles. The summed E-state index contributed by atoms with van der Waals surface area (Å²) in [5, 5.41) is 3.46. The second-order valence-corrected chi connectivity index (χ2v) is 5.21. The molecule has 3 heteroatoms. The average molecular weight is 275 g/mol. The lowest BCUT2D eigenvalue weighted by Crippen LogP contribution is -2.21. The molecule has 1 heterocycles. The first-order valence-corrected chi connectivity index (χ1v) is 7.73. The largest absolute Gasteiger partial charge is 0.360 e. The summed E-state index contributed by atoms with van der Waals surface area (Å²) in [7, 11) is 2.12. The topological polar surface area (TPSA) is 28.2 Å². The highest BCUT2D eigenvalue weighted by atomic mass is 15.2. The van der Waals surface area contributed by atoms with Crippen molar-refractivity contribution in [2.45, 2.75) is 46.1 Å². The predicted octanol–water partition coefficient (Wildman–Crippen LogP) is 3.55. The molecule has 0 aliphatic heterocycles. The summed E-state index contributed by atoms with van der Waals surface area (Å²) in [4.78, 5) is 6.97. The summed E-state index contributed by atoms with van der Waals surface area (Å²) >= 11 is 0. The minimum absolute atomic E-state index is 0.927. The second-order valence-electron chi connectivity index (χ2n) is 5.21. The zero-order chi connectivity index (χ0) is 14.8. The average Bonchev–Trinajstić information content (AvgIpc) is 2.47. The Balaban J connectivity index is 2.72. The summed E-state index contributed by atoms with van der Waals surface area (Å²) in [6.45, 7) is 11.1. The fourth-order valence-electron chi connectivity index (χ4n) is 2.11. The molecule has 112 valence electrons. The maximum absolute atomic E-state index is 4.73. The molecule has 0 aliphatic rings. The molecule has 3 nitrogen and oxygen atoms in total. The monoisotopic (exact) mass is 275 g/mol. The first-order chi connectivity index (χ1) is 9.71. The van der Waals surface area contributed by atoms with E-state index in [1.165, 1.54) is 17.7 Å². The molecule has 0 spiro atoms. The number of pyridine rings is 1. The molecule has 0 fully saturated rings. The molecule has 0 atom stereocenters. The van der Waals surface area contributed by atoms with Crippen molar-refractivity contribution in [3.05, 3.63) is 36.0 Å². The van der Waals surface area contributed by atoms with E-state index in [-0.39, 0.29) is 0 Å². The summed E-state index contributed by atoms with van der Waals surface area (Å²) < 4.78 is 0. The van der Waals surface area contributed by atoms with E-state index in [0.717, 1.165) is 44.7 Å². The molecule has 0 bridgehead atoms. The van der Waals surface area contributed by atoms with Gasteiger partial charge in [0, 0.05) is 25.8 Å². The highest BCUT2D eigenvalue weighted by Gasteiger charge is 2.06. The maximum Gasteiger partial charge on any atom is 0.128 e. The Morgan fingerprint density at radius 3 is 2.80 bits per heavy atom. The smallest absolute Gasteiger partial charge is 0.128 e. The molecule has 1 N–H and O–H groups in total. The van der Waals surface area contributed by atoms with Gasteiger partial charge in [-0.05, 0) is 49.9 Å². The highest BCUT2D eigenvalue weighted by molar-refractivity contribution is 5.42. The molecule has 0 aromatic carbocycles. The van der Waals surface area contributed by atoms with Crippen LogP contribution in [0.2, 0.25) is 0 Å². The molecule has 1 aromatic rings. The molecule has 20 heavy (non-hydrogen) atoms. The summed E-state index contributed by atoms with van der Waals surface area (Å²) in [6.07, 6.45) is 6.31. The molecular formula is C17H29N3. The van der Waals surface area contributed by atoms with Crippen molar-refractivity contribution >= 4 is 5.82 Å². The van der Waals surface area contributed by atoms with Crippen molar-refractivity contribution in [1.82, 2.24) is 10.3 Å². The Morgan fingerprint density at radius 2 is 2.15 bits per heavy atom. The third kappa shape index (κ3) is 5.74. The highest BCUT2D eigenvalue weighted by Crippen LogP contribution is 2.15. The minimum Gasteiger partial charge on any atom is -0.360 e. The molecule has 0 saturated carbocycles.